The smallest absolute Gasteiger partial charge is 0.317 e. The summed E-state index contributed by atoms with van der Waals surface area (Å²) in [5.74, 6) is -0.348. The van der Waals surface area contributed by atoms with Crippen LogP contribution in [0.3, 0.4) is 0 Å². The quantitative estimate of drug-likeness (QED) is 0.708. The highest BCUT2D eigenvalue weighted by atomic mass is 16.5. The van der Waals surface area contributed by atoms with Crippen LogP contribution >= 0.6 is 0 Å². The minimum atomic E-state index is -0.848. The molecule has 0 fully saturated rings. The zero-order valence-corrected chi connectivity index (χ0v) is 12.8. The fourth-order valence-electron chi connectivity index (χ4n) is 2.04. The Morgan fingerprint density at radius 2 is 2.00 bits per heavy atom. The van der Waals surface area contributed by atoms with Crippen LogP contribution in [0.2, 0.25) is 0 Å². The molecule has 116 valence electrons. The van der Waals surface area contributed by atoms with Gasteiger partial charge in [-0.2, -0.15) is 0 Å². The van der Waals surface area contributed by atoms with Crippen molar-refractivity contribution < 1.29 is 19.4 Å². The van der Waals surface area contributed by atoms with Crippen LogP contribution in [-0.4, -0.2) is 47.5 Å². The van der Waals surface area contributed by atoms with Crippen LogP contribution < -0.4 is 4.74 Å². The van der Waals surface area contributed by atoms with E-state index >= 15 is 0 Å². The Hall–Kier alpha value is -1.88. The number of benzene rings is 1. The molecule has 21 heavy (non-hydrogen) atoms. The van der Waals surface area contributed by atoms with Gasteiger partial charge in [0.2, 0.25) is 0 Å². The van der Waals surface area contributed by atoms with Crippen LogP contribution in [0.1, 0.15) is 37.6 Å². The van der Waals surface area contributed by atoms with Crippen molar-refractivity contribution in [3.05, 3.63) is 29.8 Å². The lowest BCUT2D eigenvalue weighted by Crippen LogP contribution is -2.39. The second-order valence-electron chi connectivity index (χ2n) is 5.02. The minimum absolute atomic E-state index is 0.00722. The first-order valence-corrected chi connectivity index (χ1v) is 7.14. The van der Waals surface area contributed by atoms with Crippen molar-refractivity contribution in [2.24, 2.45) is 0 Å². The van der Waals surface area contributed by atoms with E-state index in [1.54, 1.807) is 18.2 Å². The molecule has 5 nitrogen and oxygen atoms in total. The Labute approximate surface area is 125 Å². The number of carbonyl (C=O) groups is 2. The number of nitrogens with zero attached hydrogens (tertiary/aromatic N) is 1. The van der Waals surface area contributed by atoms with Crippen LogP contribution in [-0.2, 0) is 4.79 Å². The van der Waals surface area contributed by atoms with Gasteiger partial charge < -0.3 is 9.84 Å². The van der Waals surface area contributed by atoms with Crippen molar-refractivity contribution >= 4 is 11.8 Å². The molecule has 0 heterocycles. The lowest BCUT2D eigenvalue weighted by molar-refractivity contribution is -0.139. The second kappa shape index (κ2) is 8.42. The van der Waals surface area contributed by atoms with E-state index in [-0.39, 0.29) is 18.4 Å². The van der Waals surface area contributed by atoms with E-state index < -0.39 is 5.97 Å². The molecule has 0 aliphatic rings. The van der Waals surface area contributed by atoms with Crippen LogP contribution in [0.15, 0.2) is 24.3 Å². The van der Waals surface area contributed by atoms with Crippen LogP contribution in [0.4, 0.5) is 0 Å². The summed E-state index contributed by atoms with van der Waals surface area (Å²) in [6.07, 6.45) is 0.872. The molecule has 1 atom stereocenters. The SMILES string of the molecule is CCC(C)N(CCOc1ccccc1C(C)=O)CC(=O)O. The second-order valence-corrected chi connectivity index (χ2v) is 5.02. The molecule has 1 rings (SSSR count). The summed E-state index contributed by atoms with van der Waals surface area (Å²) in [7, 11) is 0. The number of carbonyl (C=O) groups excluding carboxylic acids is 1. The molecule has 1 aromatic rings. The average Bonchev–Trinajstić information content (AvgIpc) is 2.45. The molecule has 0 bridgehead atoms. The first-order chi connectivity index (χ1) is 9.95. The summed E-state index contributed by atoms with van der Waals surface area (Å²) in [6, 6.07) is 7.25. The van der Waals surface area contributed by atoms with E-state index in [4.69, 9.17) is 9.84 Å². The topological polar surface area (TPSA) is 66.8 Å². The third-order valence-corrected chi connectivity index (χ3v) is 3.45. The Balaban J connectivity index is 2.62. The van der Waals surface area contributed by atoms with Crippen molar-refractivity contribution in [1.82, 2.24) is 4.90 Å². The number of hydrogen-bond donors (Lipinski definition) is 1. The van der Waals surface area contributed by atoms with Gasteiger partial charge >= 0.3 is 5.97 Å². The van der Waals surface area contributed by atoms with Gasteiger partial charge in [0, 0.05) is 12.6 Å². The first kappa shape index (κ1) is 17.2. The summed E-state index contributed by atoms with van der Waals surface area (Å²) in [5, 5.41) is 8.93. The Morgan fingerprint density at radius 3 is 2.57 bits per heavy atom. The number of carboxylic acids is 1. The maximum absolute atomic E-state index is 11.5. The van der Waals surface area contributed by atoms with Gasteiger partial charge in [-0.1, -0.05) is 19.1 Å². The van der Waals surface area contributed by atoms with Gasteiger partial charge in [0.25, 0.3) is 0 Å². The lowest BCUT2D eigenvalue weighted by atomic mass is 10.1. The Morgan fingerprint density at radius 1 is 1.33 bits per heavy atom. The van der Waals surface area contributed by atoms with Crippen molar-refractivity contribution in [2.75, 3.05) is 19.7 Å². The predicted octanol–water partition coefficient (Wildman–Crippen LogP) is 2.45. The van der Waals surface area contributed by atoms with Crippen molar-refractivity contribution in [3.8, 4) is 5.75 Å². The molecule has 5 heteroatoms. The fraction of sp³-hybridized carbons (Fsp3) is 0.500. The maximum Gasteiger partial charge on any atom is 0.317 e. The number of aliphatic carboxylic acids is 1. The van der Waals surface area contributed by atoms with Gasteiger partial charge in [0.05, 0.1) is 12.1 Å². The first-order valence-electron chi connectivity index (χ1n) is 7.14. The number of rotatable bonds is 9. The zero-order chi connectivity index (χ0) is 15.8. The van der Waals surface area contributed by atoms with Gasteiger partial charge in [-0.25, -0.2) is 0 Å². The Kier molecular flexibility index (Phi) is 6.88. The molecule has 1 aromatic carbocycles. The number of hydrogen-bond acceptors (Lipinski definition) is 4. The van der Waals surface area contributed by atoms with E-state index in [1.165, 1.54) is 6.92 Å². The molecule has 0 radical (unpaired) electrons. The van der Waals surface area contributed by atoms with Crippen molar-refractivity contribution in [1.29, 1.82) is 0 Å². The number of ketones is 1. The molecule has 0 aliphatic carbocycles. The fourth-order valence-corrected chi connectivity index (χ4v) is 2.04. The molecular weight excluding hydrogens is 270 g/mol. The van der Waals surface area contributed by atoms with Gasteiger partial charge in [0.15, 0.2) is 5.78 Å². The van der Waals surface area contributed by atoms with E-state index in [1.807, 2.05) is 24.8 Å². The molecule has 0 aromatic heterocycles. The highest BCUT2D eigenvalue weighted by molar-refractivity contribution is 5.96. The van der Waals surface area contributed by atoms with Crippen LogP contribution in [0, 0.1) is 0 Å². The molecule has 0 saturated carbocycles. The molecular formula is C16H23NO4. The molecule has 0 aliphatic heterocycles. The highest BCUT2D eigenvalue weighted by Gasteiger charge is 2.16. The number of carboxylic acid groups (broad SMARTS) is 1. The van der Waals surface area contributed by atoms with E-state index in [0.717, 1.165) is 6.42 Å². The molecule has 0 spiro atoms. The minimum Gasteiger partial charge on any atom is -0.491 e. The van der Waals surface area contributed by atoms with Gasteiger partial charge in [-0.05, 0) is 32.4 Å². The monoisotopic (exact) mass is 293 g/mol. The average molecular weight is 293 g/mol. The standard InChI is InChI=1S/C16H23NO4/c1-4-12(2)17(11-16(19)20)9-10-21-15-8-6-5-7-14(15)13(3)18/h5-8,12H,4,9-11H2,1-3H3,(H,19,20). The predicted molar refractivity (Wildman–Crippen MR) is 80.9 cm³/mol. The molecule has 1 unspecified atom stereocenters. The van der Waals surface area contributed by atoms with Gasteiger partial charge in [-0.3, -0.25) is 14.5 Å². The number of para-hydroxylation sites is 1. The van der Waals surface area contributed by atoms with Crippen LogP contribution in [0.5, 0.6) is 5.75 Å². The van der Waals surface area contributed by atoms with E-state index in [9.17, 15) is 9.59 Å². The maximum atomic E-state index is 11.5. The normalized spacial score (nSPS) is 12.2. The van der Waals surface area contributed by atoms with Gasteiger partial charge in [0.1, 0.15) is 12.4 Å². The summed E-state index contributed by atoms with van der Waals surface area (Å²) in [5.41, 5.74) is 0.547. The van der Waals surface area contributed by atoms with Crippen LogP contribution in [0.25, 0.3) is 0 Å². The van der Waals surface area contributed by atoms with E-state index in [2.05, 4.69) is 0 Å². The lowest BCUT2D eigenvalue weighted by Gasteiger charge is -2.26. The summed E-state index contributed by atoms with van der Waals surface area (Å²) in [4.78, 5) is 24.2. The van der Waals surface area contributed by atoms with Crippen molar-refractivity contribution in [3.63, 3.8) is 0 Å². The highest BCUT2D eigenvalue weighted by Crippen LogP contribution is 2.18. The molecule has 1 N–H and O–H groups in total. The molecule has 0 saturated heterocycles. The largest absolute Gasteiger partial charge is 0.491 e. The molecule has 0 amide bonds. The van der Waals surface area contributed by atoms with Gasteiger partial charge in [-0.15, -0.1) is 0 Å². The summed E-state index contributed by atoms with van der Waals surface area (Å²) >= 11 is 0. The third-order valence-electron chi connectivity index (χ3n) is 3.45. The Bertz CT molecular complexity index is 487. The number of Topliss-reactive ketones (excluding diaryl/α,β-unsaturated/α-hetero) is 1. The summed E-state index contributed by atoms with van der Waals surface area (Å²) < 4.78 is 5.65. The van der Waals surface area contributed by atoms with Crippen molar-refractivity contribution in [2.45, 2.75) is 33.2 Å². The summed E-state index contributed by atoms with van der Waals surface area (Å²) in [6.45, 7) is 6.36. The zero-order valence-electron chi connectivity index (χ0n) is 12.8. The number of ether oxygens (including phenoxy) is 1. The third kappa shape index (κ3) is 5.55. The van der Waals surface area contributed by atoms with E-state index in [0.29, 0.717) is 24.5 Å².